The second-order valence-electron chi connectivity index (χ2n) is 5.30. The number of carbonyl (C=O) groups is 4. The number of carbonyl (C=O) groups excluding carboxylic acids is 4. The van der Waals surface area contributed by atoms with Gasteiger partial charge in [-0.25, -0.2) is 0 Å². The van der Waals surface area contributed by atoms with Crippen LogP contribution in [0.5, 0.6) is 0 Å². The summed E-state index contributed by atoms with van der Waals surface area (Å²) < 4.78 is 30.8. The number of esters is 4. The summed E-state index contributed by atoms with van der Waals surface area (Å²) in [5.41, 5.74) is 0. The van der Waals surface area contributed by atoms with Crippen LogP contribution in [0.15, 0.2) is 0 Å². The monoisotopic (exact) mass is 378 g/mol. The number of hydrogen-bond acceptors (Lipinski definition) is 10. The third-order valence-corrected chi connectivity index (χ3v) is 3.15. The molecule has 10 nitrogen and oxygen atoms in total. The van der Waals surface area contributed by atoms with Gasteiger partial charge in [-0.05, 0) is 0 Å². The fourth-order valence-corrected chi connectivity index (χ4v) is 2.15. The molecule has 0 rings (SSSR count). The molecular formula is C16H26O10. The van der Waals surface area contributed by atoms with Crippen molar-refractivity contribution in [2.24, 2.45) is 0 Å². The first-order chi connectivity index (χ1) is 12.1. The minimum absolute atomic E-state index is 0.192. The highest BCUT2D eigenvalue weighted by Gasteiger charge is 2.41. The van der Waals surface area contributed by atoms with E-state index in [9.17, 15) is 19.2 Å². The van der Waals surface area contributed by atoms with Crippen molar-refractivity contribution >= 4 is 23.9 Å². The van der Waals surface area contributed by atoms with E-state index in [0.717, 1.165) is 13.8 Å². The van der Waals surface area contributed by atoms with Crippen molar-refractivity contribution in [2.45, 2.75) is 52.1 Å². The molecule has 0 bridgehead atoms. The van der Waals surface area contributed by atoms with Gasteiger partial charge in [-0.15, -0.1) is 0 Å². The van der Waals surface area contributed by atoms with Gasteiger partial charge in [-0.2, -0.15) is 0 Å². The molecule has 0 saturated heterocycles. The van der Waals surface area contributed by atoms with Crippen LogP contribution in [-0.2, 0) is 47.6 Å². The molecule has 4 atom stereocenters. The molecule has 0 N–H and O–H groups in total. The molecule has 26 heavy (non-hydrogen) atoms. The number of rotatable bonds is 11. The maximum absolute atomic E-state index is 11.5. The molecule has 0 spiro atoms. The van der Waals surface area contributed by atoms with Gasteiger partial charge in [-0.1, -0.05) is 0 Å². The Morgan fingerprint density at radius 3 is 1.42 bits per heavy atom. The molecule has 0 aromatic heterocycles. The molecule has 0 aliphatic heterocycles. The first-order valence-corrected chi connectivity index (χ1v) is 7.79. The Kier molecular flexibility index (Phi) is 11.2. The molecule has 0 aliphatic carbocycles. The quantitative estimate of drug-likeness (QED) is 0.358. The zero-order chi connectivity index (χ0) is 20.3. The van der Waals surface area contributed by atoms with Gasteiger partial charge in [0.05, 0.1) is 0 Å². The zero-order valence-electron chi connectivity index (χ0n) is 15.8. The normalized spacial score (nSPS) is 15.2. The Morgan fingerprint density at radius 1 is 0.615 bits per heavy atom. The Morgan fingerprint density at radius 2 is 1.08 bits per heavy atom. The average molecular weight is 378 g/mol. The van der Waals surface area contributed by atoms with E-state index in [4.69, 9.17) is 28.4 Å². The van der Waals surface area contributed by atoms with E-state index >= 15 is 0 Å². The van der Waals surface area contributed by atoms with E-state index < -0.39 is 48.3 Å². The summed E-state index contributed by atoms with van der Waals surface area (Å²) in [7, 11) is 2.66. The van der Waals surface area contributed by atoms with Crippen LogP contribution >= 0.6 is 0 Å². The van der Waals surface area contributed by atoms with Crippen LogP contribution < -0.4 is 0 Å². The highest BCUT2D eigenvalue weighted by Crippen LogP contribution is 2.19. The first kappa shape index (κ1) is 23.8. The molecule has 0 aromatic carbocycles. The summed E-state index contributed by atoms with van der Waals surface area (Å²) in [6.07, 6.45) is -4.16. The molecule has 0 saturated carbocycles. The van der Waals surface area contributed by atoms with Crippen molar-refractivity contribution in [2.75, 3.05) is 27.4 Å². The summed E-state index contributed by atoms with van der Waals surface area (Å²) in [5, 5.41) is 0. The second-order valence-corrected chi connectivity index (χ2v) is 5.30. The number of methoxy groups -OCH3 is 2. The Labute approximate surface area is 152 Å². The largest absolute Gasteiger partial charge is 0.463 e. The van der Waals surface area contributed by atoms with Gasteiger partial charge in [0.25, 0.3) is 0 Å². The number of hydrogen-bond donors (Lipinski definition) is 0. The lowest BCUT2D eigenvalue weighted by molar-refractivity contribution is -0.197. The smallest absolute Gasteiger partial charge is 0.303 e. The summed E-state index contributed by atoms with van der Waals surface area (Å²) in [6.45, 7) is 4.15. The average Bonchev–Trinajstić information content (AvgIpc) is 2.52. The fraction of sp³-hybridized carbons (Fsp3) is 0.750. The highest BCUT2D eigenvalue weighted by atomic mass is 16.6. The fourth-order valence-electron chi connectivity index (χ4n) is 2.15. The summed E-state index contributed by atoms with van der Waals surface area (Å²) in [4.78, 5) is 45.1. The standard InChI is InChI=1S/C16H26O10/c1-9(17)23-7-13(21-5)15(22-6)16(26-12(4)20)14(25-11(3)19)8-24-10(2)18/h13-16H,7-8H2,1-6H3/t13-,14-,15-,16-/m1/s1. The molecule has 0 unspecified atom stereocenters. The van der Waals surface area contributed by atoms with E-state index in [2.05, 4.69) is 0 Å². The summed E-state index contributed by atoms with van der Waals surface area (Å²) >= 11 is 0. The zero-order valence-corrected chi connectivity index (χ0v) is 15.8. The summed E-state index contributed by atoms with van der Waals surface area (Å²) in [5.74, 6) is -2.51. The highest BCUT2D eigenvalue weighted by molar-refractivity contribution is 5.68. The summed E-state index contributed by atoms with van der Waals surface area (Å²) in [6, 6.07) is 0. The molecule has 0 heterocycles. The Bertz CT molecular complexity index is 489. The number of ether oxygens (including phenoxy) is 6. The van der Waals surface area contributed by atoms with Gasteiger partial charge in [0.1, 0.15) is 25.4 Å². The molecule has 0 fully saturated rings. The van der Waals surface area contributed by atoms with Crippen molar-refractivity contribution in [3.8, 4) is 0 Å². The van der Waals surface area contributed by atoms with Crippen LogP contribution in [0.1, 0.15) is 27.7 Å². The SMILES string of the molecule is CO[C@@H]([C@H](OC(C)=O)[C@@H](COC(C)=O)OC(C)=O)[C@@H](COC(C)=O)OC. The molecule has 0 aromatic rings. The van der Waals surface area contributed by atoms with Crippen molar-refractivity contribution < 1.29 is 47.6 Å². The van der Waals surface area contributed by atoms with Crippen molar-refractivity contribution in [3.05, 3.63) is 0 Å². The van der Waals surface area contributed by atoms with E-state index in [0.29, 0.717) is 0 Å². The van der Waals surface area contributed by atoms with Crippen LogP contribution in [0.4, 0.5) is 0 Å². The van der Waals surface area contributed by atoms with E-state index in [1.807, 2.05) is 0 Å². The van der Waals surface area contributed by atoms with Gasteiger partial charge in [-0.3, -0.25) is 19.2 Å². The van der Waals surface area contributed by atoms with E-state index in [1.165, 1.54) is 28.1 Å². The lowest BCUT2D eigenvalue weighted by Crippen LogP contribution is -2.52. The van der Waals surface area contributed by atoms with Crippen LogP contribution in [0.3, 0.4) is 0 Å². The van der Waals surface area contributed by atoms with Gasteiger partial charge >= 0.3 is 23.9 Å². The third-order valence-electron chi connectivity index (χ3n) is 3.15. The molecular weight excluding hydrogens is 352 g/mol. The van der Waals surface area contributed by atoms with Gasteiger partial charge in [0.15, 0.2) is 12.2 Å². The maximum atomic E-state index is 11.5. The minimum Gasteiger partial charge on any atom is -0.463 e. The van der Waals surface area contributed by atoms with Crippen LogP contribution in [0.2, 0.25) is 0 Å². The second kappa shape index (κ2) is 12.2. The van der Waals surface area contributed by atoms with Crippen molar-refractivity contribution in [1.29, 1.82) is 0 Å². The van der Waals surface area contributed by atoms with E-state index in [1.54, 1.807) is 0 Å². The third kappa shape index (κ3) is 9.33. The van der Waals surface area contributed by atoms with E-state index in [-0.39, 0.29) is 13.2 Å². The molecule has 150 valence electrons. The Balaban J connectivity index is 5.60. The van der Waals surface area contributed by atoms with Crippen molar-refractivity contribution in [1.82, 2.24) is 0 Å². The van der Waals surface area contributed by atoms with Gasteiger partial charge in [0, 0.05) is 41.9 Å². The predicted octanol–water partition coefficient (Wildman–Crippen LogP) is 0.00600. The van der Waals surface area contributed by atoms with Gasteiger partial charge < -0.3 is 28.4 Å². The van der Waals surface area contributed by atoms with Gasteiger partial charge in [0.2, 0.25) is 0 Å². The molecule has 10 heteroatoms. The minimum atomic E-state index is -1.18. The topological polar surface area (TPSA) is 124 Å². The van der Waals surface area contributed by atoms with Crippen LogP contribution in [-0.4, -0.2) is 75.7 Å². The van der Waals surface area contributed by atoms with Crippen LogP contribution in [0.25, 0.3) is 0 Å². The predicted molar refractivity (Wildman–Crippen MR) is 86.0 cm³/mol. The van der Waals surface area contributed by atoms with Crippen LogP contribution in [0, 0.1) is 0 Å². The lowest BCUT2D eigenvalue weighted by atomic mass is 10.0. The molecule has 0 aliphatic rings. The molecule has 0 radical (unpaired) electrons. The maximum Gasteiger partial charge on any atom is 0.303 e. The lowest BCUT2D eigenvalue weighted by Gasteiger charge is -2.34. The first-order valence-electron chi connectivity index (χ1n) is 7.79. The molecule has 0 amide bonds. The van der Waals surface area contributed by atoms with Crippen molar-refractivity contribution in [3.63, 3.8) is 0 Å². The Hall–Kier alpha value is -2.20.